The van der Waals surface area contributed by atoms with E-state index in [-0.39, 0.29) is 11.7 Å². The van der Waals surface area contributed by atoms with Crippen LogP contribution in [0.1, 0.15) is 62.9 Å². The second kappa shape index (κ2) is 7.66. The van der Waals surface area contributed by atoms with E-state index in [0.29, 0.717) is 31.3 Å². The van der Waals surface area contributed by atoms with Crippen LogP contribution in [0, 0.1) is 11.8 Å². The largest absolute Gasteiger partial charge is 0.493 e. The fraction of sp³-hybridized carbons (Fsp3) is 0.632. The van der Waals surface area contributed by atoms with Crippen LogP contribution in [0.2, 0.25) is 0 Å². The first kappa shape index (κ1) is 16.9. The Labute approximate surface area is 134 Å². The van der Waals surface area contributed by atoms with Gasteiger partial charge in [0.2, 0.25) is 0 Å². The molecule has 0 amide bonds. The van der Waals surface area contributed by atoms with E-state index in [1.54, 1.807) is 0 Å². The van der Waals surface area contributed by atoms with Crippen LogP contribution in [0.25, 0.3) is 0 Å². The first-order valence-corrected chi connectivity index (χ1v) is 8.52. The van der Waals surface area contributed by atoms with E-state index in [4.69, 9.17) is 9.47 Å². The normalized spacial score (nSPS) is 17.9. The molecule has 0 radical (unpaired) electrons. The number of fused-ring (bicyclic) bond motifs is 1. The Hall–Kier alpha value is -1.51. The molecule has 0 saturated heterocycles. The van der Waals surface area contributed by atoms with Crippen LogP contribution in [-0.2, 0) is 6.42 Å². The number of benzene rings is 1. The number of carbonyl (C=O) groups is 1. The molecule has 0 bridgehead atoms. The minimum absolute atomic E-state index is 0.195. The van der Waals surface area contributed by atoms with E-state index in [1.165, 1.54) is 0 Å². The number of ketones is 1. The molecule has 0 aliphatic carbocycles. The number of aryl methyl sites for hydroxylation is 1. The minimum atomic E-state index is 0.195. The predicted molar refractivity (Wildman–Crippen MR) is 89.0 cm³/mol. The lowest BCUT2D eigenvalue weighted by Crippen LogP contribution is -2.18. The van der Waals surface area contributed by atoms with Crippen molar-refractivity contribution in [1.82, 2.24) is 0 Å². The van der Waals surface area contributed by atoms with Crippen molar-refractivity contribution in [2.24, 2.45) is 11.8 Å². The predicted octanol–water partition coefficient (Wildman–Crippen LogP) is 4.67. The number of rotatable bonds is 6. The van der Waals surface area contributed by atoms with Crippen molar-refractivity contribution in [2.45, 2.75) is 53.4 Å². The molecule has 0 unspecified atom stereocenters. The summed E-state index contributed by atoms with van der Waals surface area (Å²) in [7, 11) is 0. The van der Waals surface area contributed by atoms with E-state index in [9.17, 15) is 4.79 Å². The summed E-state index contributed by atoms with van der Waals surface area (Å²) in [6.45, 7) is 9.85. The number of hydrogen-bond acceptors (Lipinski definition) is 3. The molecule has 0 spiro atoms. The van der Waals surface area contributed by atoms with Crippen molar-refractivity contribution in [2.75, 3.05) is 13.2 Å². The first-order chi connectivity index (χ1) is 10.6. The highest BCUT2D eigenvalue weighted by molar-refractivity contribution is 5.99. The lowest BCUT2D eigenvalue weighted by molar-refractivity contribution is 0.0945. The summed E-state index contributed by atoms with van der Waals surface area (Å²) in [5, 5.41) is 0. The van der Waals surface area contributed by atoms with E-state index >= 15 is 0 Å². The molecule has 0 saturated carbocycles. The zero-order valence-corrected chi connectivity index (χ0v) is 14.3. The zero-order valence-electron chi connectivity index (χ0n) is 14.3. The molecule has 3 nitrogen and oxygen atoms in total. The average molecular weight is 304 g/mol. The Morgan fingerprint density at radius 3 is 2.73 bits per heavy atom. The van der Waals surface area contributed by atoms with E-state index in [2.05, 4.69) is 27.7 Å². The summed E-state index contributed by atoms with van der Waals surface area (Å²) in [6.07, 6.45) is 3.58. The molecule has 1 aliphatic rings. The molecule has 0 fully saturated rings. The molecule has 2 rings (SSSR count). The second-order valence-electron chi connectivity index (χ2n) is 6.45. The molecule has 22 heavy (non-hydrogen) atoms. The van der Waals surface area contributed by atoms with E-state index < -0.39 is 0 Å². The number of carbonyl (C=O) groups excluding carboxylic acids is 1. The Kier molecular flexibility index (Phi) is 5.87. The third-order valence-electron chi connectivity index (χ3n) is 4.44. The summed E-state index contributed by atoms with van der Waals surface area (Å²) in [6, 6.07) is 3.89. The fourth-order valence-electron chi connectivity index (χ4n) is 2.71. The molecule has 0 aromatic heterocycles. The summed E-state index contributed by atoms with van der Waals surface area (Å²) in [5.41, 5.74) is 1.82. The van der Waals surface area contributed by atoms with Gasteiger partial charge in [0, 0.05) is 18.4 Å². The van der Waals surface area contributed by atoms with E-state index in [1.807, 2.05) is 12.1 Å². The first-order valence-electron chi connectivity index (χ1n) is 8.52. The highest BCUT2D eigenvalue weighted by atomic mass is 16.5. The monoisotopic (exact) mass is 304 g/mol. The molecule has 1 aromatic carbocycles. The van der Waals surface area contributed by atoms with Crippen molar-refractivity contribution in [3.8, 4) is 11.5 Å². The molecule has 0 N–H and O–H groups in total. The average Bonchev–Trinajstić information content (AvgIpc) is 2.66. The van der Waals surface area contributed by atoms with Crippen LogP contribution in [0.4, 0.5) is 0 Å². The fourth-order valence-corrected chi connectivity index (χ4v) is 2.71. The summed E-state index contributed by atoms with van der Waals surface area (Å²) in [5.74, 6) is 2.49. The van der Waals surface area contributed by atoms with Crippen LogP contribution in [0.15, 0.2) is 12.1 Å². The molecule has 1 aromatic rings. The Balaban J connectivity index is 2.27. The molecule has 1 heterocycles. The van der Waals surface area contributed by atoms with Crippen molar-refractivity contribution in [1.29, 1.82) is 0 Å². The quantitative estimate of drug-likeness (QED) is 0.717. The van der Waals surface area contributed by atoms with Gasteiger partial charge in [0.05, 0.1) is 18.8 Å². The number of Topliss-reactive ketones (excluding diaryl/α,β-unsaturated/α-hetero) is 1. The second-order valence-corrected chi connectivity index (χ2v) is 6.45. The van der Waals surface area contributed by atoms with Gasteiger partial charge in [-0.25, -0.2) is 0 Å². The lowest BCUT2D eigenvalue weighted by atomic mass is 9.90. The van der Waals surface area contributed by atoms with Crippen molar-refractivity contribution >= 4 is 5.78 Å². The summed E-state index contributed by atoms with van der Waals surface area (Å²) < 4.78 is 11.8. The lowest BCUT2D eigenvalue weighted by Gasteiger charge is -2.17. The maximum atomic E-state index is 12.5. The molecule has 3 heteroatoms. The van der Waals surface area contributed by atoms with Crippen LogP contribution in [0.5, 0.6) is 11.5 Å². The maximum absolute atomic E-state index is 12.5. The smallest absolute Gasteiger partial charge is 0.167 e. The van der Waals surface area contributed by atoms with E-state index in [0.717, 1.165) is 36.1 Å². The van der Waals surface area contributed by atoms with Crippen LogP contribution >= 0.6 is 0 Å². The zero-order chi connectivity index (χ0) is 16.1. The minimum Gasteiger partial charge on any atom is -0.493 e. The summed E-state index contributed by atoms with van der Waals surface area (Å²) in [4.78, 5) is 12.5. The molecule has 1 atom stereocenters. The van der Waals surface area contributed by atoms with Gasteiger partial charge in [-0.1, -0.05) is 34.1 Å². The van der Waals surface area contributed by atoms with Crippen LogP contribution < -0.4 is 9.47 Å². The van der Waals surface area contributed by atoms with Gasteiger partial charge in [0.25, 0.3) is 0 Å². The maximum Gasteiger partial charge on any atom is 0.167 e. The molecule has 122 valence electrons. The van der Waals surface area contributed by atoms with Gasteiger partial charge in [-0.2, -0.15) is 0 Å². The highest BCUT2D eigenvalue weighted by Gasteiger charge is 2.27. The molecular formula is C19H28O3. The Morgan fingerprint density at radius 1 is 1.32 bits per heavy atom. The third kappa shape index (κ3) is 3.82. The molecular weight excluding hydrogens is 276 g/mol. The van der Waals surface area contributed by atoms with Gasteiger partial charge in [-0.05, 0) is 30.4 Å². The van der Waals surface area contributed by atoms with Gasteiger partial charge in [0.1, 0.15) is 11.5 Å². The van der Waals surface area contributed by atoms with Crippen LogP contribution in [0.3, 0.4) is 0 Å². The van der Waals surface area contributed by atoms with Crippen molar-refractivity contribution in [3.05, 3.63) is 23.3 Å². The number of unbranched alkanes of at least 4 members (excludes halogenated alkanes) is 1. The van der Waals surface area contributed by atoms with Gasteiger partial charge < -0.3 is 9.47 Å². The van der Waals surface area contributed by atoms with Crippen molar-refractivity contribution < 1.29 is 14.3 Å². The van der Waals surface area contributed by atoms with Crippen molar-refractivity contribution in [3.63, 3.8) is 0 Å². The third-order valence-corrected chi connectivity index (χ3v) is 4.44. The Morgan fingerprint density at radius 2 is 2.09 bits per heavy atom. The van der Waals surface area contributed by atoms with Gasteiger partial charge >= 0.3 is 0 Å². The number of ether oxygens (including phenoxy) is 2. The van der Waals surface area contributed by atoms with Crippen LogP contribution in [-0.4, -0.2) is 19.0 Å². The topological polar surface area (TPSA) is 35.5 Å². The summed E-state index contributed by atoms with van der Waals surface area (Å²) >= 11 is 0. The highest BCUT2D eigenvalue weighted by Crippen LogP contribution is 2.35. The standard InChI is InChI=1S/C19H28O3/c1-5-7-8-21-18-11-19-16(9-14(18)6-2)17(20)10-15(12-22-19)13(3)4/h9,11,13,15H,5-8,10,12H2,1-4H3/t15-/m0/s1. The van der Waals surface area contributed by atoms with Gasteiger partial charge in [-0.3, -0.25) is 4.79 Å². The van der Waals surface area contributed by atoms with Gasteiger partial charge in [0.15, 0.2) is 5.78 Å². The Bertz CT molecular complexity index is 520. The molecule has 1 aliphatic heterocycles. The van der Waals surface area contributed by atoms with Gasteiger partial charge in [-0.15, -0.1) is 0 Å². The SMILES string of the molecule is CCCCOc1cc2c(cc1CC)C(=O)C[C@H](C(C)C)CO2. The number of hydrogen-bond donors (Lipinski definition) is 0.